The molecule has 2 unspecified atom stereocenters. The summed E-state index contributed by atoms with van der Waals surface area (Å²) < 4.78 is 0. The molecule has 5 nitrogen and oxygen atoms in total. The SMILES string of the molecule is CCC(C)(C#N)C(=O)NC(C)c1ncc[nH]1. The Balaban J connectivity index is 2.69. The number of hydrogen-bond donors (Lipinski definition) is 2. The van der Waals surface area contributed by atoms with E-state index in [0.717, 1.165) is 0 Å². The maximum Gasteiger partial charge on any atom is 0.240 e. The summed E-state index contributed by atoms with van der Waals surface area (Å²) in [5.74, 6) is 0.422. The molecule has 0 radical (unpaired) electrons. The summed E-state index contributed by atoms with van der Waals surface area (Å²) in [6, 6.07) is 1.82. The zero-order chi connectivity index (χ0) is 12.2. The lowest BCUT2D eigenvalue weighted by Crippen LogP contribution is -2.39. The summed E-state index contributed by atoms with van der Waals surface area (Å²) in [5.41, 5.74) is -0.971. The Labute approximate surface area is 94.9 Å². The summed E-state index contributed by atoms with van der Waals surface area (Å²) in [5, 5.41) is 11.7. The first-order valence-electron chi connectivity index (χ1n) is 5.25. The molecule has 0 fully saturated rings. The van der Waals surface area contributed by atoms with Crippen LogP contribution in [0.15, 0.2) is 12.4 Å². The van der Waals surface area contributed by atoms with Crippen LogP contribution in [0.3, 0.4) is 0 Å². The minimum Gasteiger partial charge on any atom is -0.347 e. The van der Waals surface area contributed by atoms with Crippen LogP contribution in [0.5, 0.6) is 0 Å². The number of aromatic amines is 1. The van der Waals surface area contributed by atoms with Crippen molar-refractivity contribution in [2.45, 2.75) is 33.2 Å². The normalized spacial score (nSPS) is 15.9. The van der Waals surface area contributed by atoms with Gasteiger partial charge in [0.25, 0.3) is 0 Å². The van der Waals surface area contributed by atoms with Gasteiger partial charge in [-0.15, -0.1) is 0 Å². The van der Waals surface area contributed by atoms with Crippen LogP contribution in [0.2, 0.25) is 0 Å². The molecule has 0 saturated carbocycles. The molecule has 0 aromatic carbocycles. The lowest BCUT2D eigenvalue weighted by atomic mass is 9.88. The Hall–Kier alpha value is -1.83. The van der Waals surface area contributed by atoms with Crippen molar-refractivity contribution in [1.29, 1.82) is 5.26 Å². The number of rotatable bonds is 4. The van der Waals surface area contributed by atoms with Gasteiger partial charge in [0.1, 0.15) is 11.2 Å². The number of nitrogens with zero attached hydrogens (tertiary/aromatic N) is 2. The molecular weight excluding hydrogens is 204 g/mol. The van der Waals surface area contributed by atoms with Crippen molar-refractivity contribution >= 4 is 5.91 Å². The maximum absolute atomic E-state index is 11.9. The molecule has 1 aromatic rings. The van der Waals surface area contributed by atoms with Gasteiger partial charge < -0.3 is 10.3 Å². The van der Waals surface area contributed by atoms with Crippen molar-refractivity contribution in [2.24, 2.45) is 5.41 Å². The van der Waals surface area contributed by atoms with E-state index in [2.05, 4.69) is 15.3 Å². The average molecular weight is 220 g/mol. The third-order valence-corrected chi connectivity index (χ3v) is 2.73. The Bertz CT molecular complexity index is 393. The van der Waals surface area contributed by atoms with E-state index < -0.39 is 5.41 Å². The quantitative estimate of drug-likeness (QED) is 0.807. The minimum atomic E-state index is -0.971. The van der Waals surface area contributed by atoms with Crippen LogP contribution in [-0.2, 0) is 4.79 Å². The first-order valence-corrected chi connectivity index (χ1v) is 5.25. The van der Waals surface area contributed by atoms with Crippen molar-refractivity contribution in [1.82, 2.24) is 15.3 Å². The van der Waals surface area contributed by atoms with Crippen molar-refractivity contribution < 1.29 is 4.79 Å². The molecule has 1 aromatic heterocycles. The predicted molar refractivity (Wildman–Crippen MR) is 59.2 cm³/mol. The van der Waals surface area contributed by atoms with E-state index >= 15 is 0 Å². The number of hydrogen-bond acceptors (Lipinski definition) is 3. The summed E-state index contributed by atoms with van der Waals surface area (Å²) in [4.78, 5) is 18.8. The van der Waals surface area contributed by atoms with Gasteiger partial charge in [0.2, 0.25) is 5.91 Å². The van der Waals surface area contributed by atoms with Gasteiger partial charge in [0.05, 0.1) is 12.1 Å². The van der Waals surface area contributed by atoms with Gasteiger partial charge in [-0.1, -0.05) is 6.92 Å². The van der Waals surface area contributed by atoms with Crippen molar-refractivity contribution in [2.75, 3.05) is 0 Å². The van der Waals surface area contributed by atoms with E-state index in [-0.39, 0.29) is 11.9 Å². The second-order valence-corrected chi connectivity index (χ2v) is 3.97. The number of nitrogens with one attached hydrogen (secondary N) is 2. The van der Waals surface area contributed by atoms with Gasteiger partial charge in [-0.25, -0.2) is 4.98 Å². The number of nitriles is 1. The second-order valence-electron chi connectivity index (χ2n) is 3.97. The van der Waals surface area contributed by atoms with Gasteiger partial charge in [-0.3, -0.25) is 4.79 Å². The molecule has 5 heteroatoms. The molecule has 0 aliphatic carbocycles. The summed E-state index contributed by atoms with van der Waals surface area (Å²) in [6.45, 7) is 5.28. The van der Waals surface area contributed by atoms with Gasteiger partial charge >= 0.3 is 0 Å². The highest BCUT2D eigenvalue weighted by Gasteiger charge is 2.32. The highest BCUT2D eigenvalue weighted by Crippen LogP contribution is 2.21. The van der Waals surface area contributed by atoms with Crippen LogP contribution in [-0.4, -0.2) is 15.9 Å². The van der Waals surface area contributed by atoms with E-state index in [4.69, 9.17) is 5.26 Å². The van der Waals surface area contributed by atoms with Gasteiger partial charge in [0.15, 0.2) is 0 Å². The molecule has 86 valence electrons. The van der Waals surface area contributed by atoms with Crippen molar-refractivity contribution in [3.8, 4) is 6.07 Å². The smallest absolute Gasteiger partial charge is 0.240 e. The molecule has 0 saturated heterocycles. The highest BCUT2D eigenvalue weighted by atomic mass is 16.2. The van der Waals surface area contributed by atoms with Crippen LogP contribution in [0.1, 0.15) is 39.1 Å². The number of imidazole rings is 1. The molecule has 0 bridgehead atoms. The predicted octanol–water partition coefficient (Wildman–Crippen LogP) is 1.53. The zero-order valence-electron chi connectivity index (χ0n) is 9.74. The third kappa shape index (κ3) is 2.40. The van der Waals surface area contributed by atoms with E-state index in [0.29, 0.717) is 12.2 Å². The van der Waals surface area contributed by atoms with Gasteiger partial charge in [0, 0.05) is 12.4 Å². The summed E-state index contributed by atoms with van der Waals surface area (Å²) in [7, 11) is 0. The molecular formula is C11H16N4O. The highest BCUT2D eigenvalue weighted by molar-refractivity contribution is 5.85. The number of aromatic nitrogens is 2. The van der Waals surface area contributed by atoms with E-state index in [1.165, 1.54) is 0 Å². The molecule has 0 aliphatic rings. The maximum atomic E-state index is 11.9. The number of H-pyrrole nitrogens is 1. The molecule has 16 heavy (non-hydrogen) atoms. The van der Waals surface area contributed by atoms with Gasteiger partial charge in [-0.05, 0) is 20.3 Å². The third-order valence-electron chi connectivity index (χ3n) is 2.73. The molecule has 0 aliphatic heterocycles. The molecule has 2 N–H and O–H groups in total. The lowest BCUT2D eigenvalue weighted by molar-refractivity contribution is -0.128. The number of carbonyl (C=O) groups is 1. The standard InChI is InChI=1S/C11H16N4O/c1-4-11(3,7-12)10(16)15-8(2)9-13-5-6-14-9/h5-6,8H,4H2,1-3H3,(H,13,14)(H,15,16). The lowest BCUT2D eigenvalue weighted by Gasteiger charge is -2.21. The largest absolute Gasteiger partial charge is 0.347 e. The molecule has 0 spiro atoms. The van der Waals surface area contributed by atoms with E-state index in [1.54, 1.807) is 19.3 Å². The van der Waals surface area contributed by atoms with Crippen LogP contribution in [0.4, 0.5) is 0 Å². The van der Waals surface area contributed by atoms with Crippen molar-refractivity contribution in [3.63, 3.8) is 0 Å². The number of amides is 1. The Morgan fingerprint density at radius 2 is 2.50 bits per heavy atom. The average Bonchev–Trinajstić information content (AvgIpc) is 2.81. The van der Waals surface area contributed by atoms with Crippen LogP contribution < -0.4 is 5.32 Å². The zero-order valence-corrected chi connectivity index (χ0v) is 9.74. The van der Waals surface area contributed by atoms with Crippen molar-refractivity contribution in [3.05, 3.63) is 18.2 Å². The summed E-state index contributed by atoms with van der Waals surface area (Å²) >= 11 is 0. The molecule has 2 atom stereocenters. The molecule has 1 amide bonds. The molecule has 1 rings (SSSR count). The molecule has 1 heterocycles. The first-order chi connectivity index (χ1) is 7.53. The second kappa shape index (κ2) is 4.79. The fourth-order valence-corrected chi connectivity index (χ4v) is 1.23. The van der Waals surface area contributed by atoms with E-state index in [1.807, 2.05) is 19.9 Å². The fraction of sp³-hybridized carbons (Fsp3) is 0.545. The monoisotopic (exact) mass is 220 g/mol. The van der Waals surface area contributed by atoms with Crippen LogP contribution in [0, 0.1) is 16.7 Å². The van der Waals surface area contributed by atoms with Crippen LogP contribution >= 0.6 is 0 Å². The Morgan fingerprint density at radius 1 is 1.81 bits per heavy atom. The van der Waals surface area contributed by atoms with Gasteiger partial charge in [-0.2, -0.15) is 5.26 Å². The Kier molecular flexibility index (Phi) is 3.67. The topological polar surface area (TPSA) is 81.6 Å². The Morgan fingerprint density at radius 3 is 2.94 bits per heavy atom. The van der Waals surface area contributed by atoms with E-state index in [9.17, 15) is 4.79 Å². The first kappa shape index (κ1) is 12.2. The number of carbonyl (C=O) groups excluding carboxylic acids is 1. The fourth-order valence-electron chi connectivity index (χ4n) is 1.23. The van der Waals surface area contributed by atoms with Crippen LogP contribution in [0.25, 0.3) is 0 Å². The minimum absolute atomic E-state index is 0.221. The summed E-state index contributed by atoms with van der Waals surface area (Å²) in [6.07, 6.45) is 3.81.